The molecule has 0 bridgehead atoms. The van der Waals surface area contributed by atoms with E-state index in [4.69, 9.17) is 9.84 Å². The van der Waals surface area contributed by atoms with E-state index in [2.05, 4.69) is 4.84 Å². The maximum Gasteiger partial charge on any atom is 0.332 e. The van der Waals surface area contributed by atoms with Gasteiger partial charge in [0.05, 0.1) is 0 Å². The van der Waals surface area contributed by atoms with Crippen molar-refractivity contribution in [2.24, 2.45) is 0 Å². The van der Waals surface area contributed by atoms with E-state index >= 15 is 0 Å². The molecule has 0 unspecified atom stereocenters. The Bertz CT molecular complexity index is 405. The van der Waals surface area contributed by atoms with Gasteiger partial charge >= 0.3 is 5.97 Å². The molecule has 0 saturated carbocycles. The molecule has 0 aromatic heterocycles. The van der Waals surface area contributed by atoms with Gasteiger partial charge in [-0.15, -0.1) is 0 Å². The van der Waals surface area contributed by atoms with E-state index in [0.717, 1.165) is 5.56 Å². The number of amides is 1. The quantitative estimate of drug-likeness (QED) is 0.706. The van der Waals surface area contributed by atoms with Crippen molar-refractivity contribution in [2.45, 2.75) is 6.92 Å². The maximum absolute atomic E-state index is 11.1. The molecule has 0 saturated heterocycles. The Morgan fingerprint density at radius 3 is 2.76 bits per heavy atom. The zero-order valence-electron chi connectivity index (χ0n) is 9.30. The van der Waals surface area contributed by atoms with Crippen molar-refractivity contribution in [2.75, 3.05) is 13.2 Å². The normalized spacial score (nSPS) is 9.71. The van der Waals surface area contributed by atoms with Crippen molar-refractivity contribution in [3.63, 3.8) is 0 Å². The van der Waals surface area contributed by atoms with Gasteiger partial charge in [-0.2, -0.15) is 0 Å². The number of carboxylic acids is 1. The molecule has 17 heavy (non-hydrogen) atoms. The molecule has 2 N–H and O–H groups in total. The summed E-state index contributed by atoms with van der Waals surface area (Å²) in [4.78, 5) is 25.6. The molecule has 6 nitrogen and oxygen atoms in total. The summed E-state index contributed by atoms with van der Waals surface area (Å²) < 4.78 is 5.17. The summed E-state index contributed by atoms with van der Waals surface area (Å²) in [6.07, 6.45) is 0. The van der Waals surface area contributed by atoms with Crippen LogP contribution in [0.25, 0.3) is 0 Å². The second-order valence-electron chi connectivity index (χ2n) is 3.31. The molecule has 0 atom stereocenters. The number of hydrogen-bond acceptors (Lipinski definition) is 4. The highest BCUT2D eigenvalue weighted by atomic mass is 16.7. The summed E-state index contributed by atoms with van der Waals surface area (Å²) in [7, 11) is 0. The number of hydrogen-bond donors (Lipinski definition) is 2. The van der Waals surface area contributed by atoms with Gasteiger partial charge in [0.1, 0.15) is 5.75 Å². The Labute approximate surface area is 98.1 Å². The second-order valence-corrected chi connectivity index (χ2v) is 3.31. The smallest absolute Gasteiger partial charge is 0.332 e. The van der Waals surface area contributed by atoms with Crippen LogP contribution in [-0.4, -0.2) is 30.2 Å². The van der Waals surface area contributed by atoms with Gasteiger partial charge in [-0.1, -0.05) is 12.1 Å². The first-order valence-corrected chi connectivity index (χ1v) is 4.90. The van der Waals surface area contributed by atoms with Crippen molar-refractivity contribution >= 4 is 11.9 Å². The number of rotatable bonds is 6. The Morgan fingerprint density at radius 1 is 1.35 bits per heavy atom. The zero-order chi connectivity index (χ0) is 12.7. The lowest BCUT2D eigenvalue weighted by molar-refractivity contribution is -0.149. The van der Waals surface area contributed by atoms with Crippen molar-refractivity contribution in [3.05, 3.63) is 29.8 Å². The number of aliphatic carboxylic acids is 1. The largest absolute Gasteiger partial charge is 0.484 e. The van der Waals surface area contributed by atoms with Gasteiger partial charge in [-0.3, -0.25) is 9.63 Å². The molecule has 1 rings (SSSR count). The fraction of sp³-hybridized carbons (Fsp3) is 0.273. The first-order valence-electron chi connectivity index (χ1n) is 4.90. The van der Waals surface area contributed by atoms with Gasteiger partial charge in [0.25, 0.3) is 5.91 Å². The van der Waals surface area contributed by atoms with E-state index in [9.17, 15) is 9.59 Å². The van der Waals surface area contributed by atoms with E-state index in [0.29, 0.717) is 5.75 Å². The number of carbonyl (C=O) groups is 2. The van der Waals surface area contributed by atoms with Crippen LogP contribution in [0.4, 0.5) is 0 Å². The molecule has 92 valence electrons. The van der Waals surface area contributed by atoms with E-state index < -0.39 is 18.5 Å². The lowest BCUT2D eigenvalue weighted by Crippen LogP contribution is -2.30. The highest BCUT2D eigenvalue weighted by Gasteiger charge is 2.04. The molecule has 0 radical (unpaired) electrons. The second kappa shape index (κ2) is 6.49. The number of benzene rings is 1. The molecule has 1 aromatic carbocycles. The lowest BCUT2D eigenvalue weighted by atomic mass is 10.2. The van der Waals surface area contributed by atoms with Gasteiger partial charge in [0, 0.05) is 0 Å². The highest BCUT2D eigenvalue weighted by Crippen LogP contribution is 2.11. The minimum absolute atomic E-state index is 0.233. The SMILES string of the molecule is Cc1cccc(OCC(=O)NOCC(=O)O)c1. The van der Waals surface area contributed by atoms with Gasteiger partial charge in [-0.25, -0.2) is 10.3 Å². The highest BCUT2D eigenvalue weighted by molar-refractivity contribution is 5.76. The molecule has 0 aliphatic rings. The summed E-state index contributed by atoms with van der Waals surface area (Å²) in [5, 5.41) is 8.26. The molecule has 0 aliphatic carbocycles. The summed E-state index contributed by atoms with van der Waals surface area (Å²) >= 11 is 0. The minimum Gasteiger partial charge on any atom is -0.484 e. The first kappa shape index (κ1) is 13.0. The molecule has 0 spiro atoms. The van der Waals surface area contributed by atoms with Gasteiger partial charge < -0.3 is 9.84 Å². The predicted molar refractivity (Wildman–Crippen MR) is 58.4 cm³/mol. The number of aryl methyl sites for hydroxylation is 1. The van der Waals surface area contributed by atoms with Crippen LogP contribution in [0.5, 0.6) is 5.75 Å². The van der Waals surface area contributed by atoms with E-state index in [1.807, 2.05) is 24.5 Å². The van der Waals surface area contributed by atoms with Crippen LogP contribution in [0.2, 0.25) is 0 Å². The Hall–Kier alpha value is -2.08. The Kier molecular flexibility index (Phi) is 4.96. The Morgan fingerprint density at radius 2 is 2.12 bits per heavy atom. The van der Waals surface area contributed by atoms with Gasteiger partial charge in [-0.05, 0) is 24.6 Å². The van der Waals surface area contributed by atoms with Crippen LogP contribution < -0.4 is 10.2 Å². The Balaban J connectivity index is 2.26. The van der Waals surface area contributed by atoms with Crippen LogP contribution >= 0.6 is 0 Å². The van der Waals surface area contributed by atoms with Gasteiger partial charge in [0.2, 0.25) is 0 Å². The van der Waals surface area contributed by atoms with E-state index in [1.54, 1.807) is 12.1 Å². The summed E-state index contributed by atoms with van der Waals surface area (Å²) in [5.41, 5.74) is 2.97. The maximum atomic E-state index is 11.1. The first-order chi connectivity index (χ1) is 8.08. The molecular weight excluding hydrogens is 226 g/mol. The van der Waals surface area contributed by atoms with Gasteiger partial charge in [0.15, 0.2) is 13.2 Å². The summed E-state index contributed by atoms with van der Waals surface area (Å²) in [6, 6.07) is 7.22. The van der Waals surface area contributed by atoms with Crippen molar-refractivity contribution in [3.8, 4) is 5.75 Å². The molecule has 0 fully saturated rings. The zero-order valence-corrected chi connectivity index (χ0v) is 9.30. The van der Waals surface area contributed by atoms with Crippen LogP contribution in [0.3, 0.4) is 0 Å². The fourth-order valence-corrected chi connectivity index (χ4v) is 1.06. The standard InChI is InChI=1S/C11H13NO5/c1-8-3-2-4-9(5-8)16-6-10(13)12-17-7-11(14)15/h2-5H,6-7H2,1H3,(H,12,13)(H,14,15). The molecule has 1 amide bonds. The number of carbonyl (C=O) groups excluding carboxylic acids is 1. The molecule has 0 aliphatic heterocycles. The van der Waals surface area contributed by atoms with Crippen LogP contribution in [0.15, 0.2) is 24.3 Å². The third-order valence-electron chi connectivity index (χ3n) is 1.74. The van der Waals surface area contributed by atoms with E-state index in [-0.39, 0.29) is 6.61 Å². The molecule has 6 heteroatoms. The van der Waals surface area contributed by atoms with Crippen molar-refractivity contribution in [1.82, 2.24) is 5.48 Å². The number of ether oxygens (including phenoxy) is 1. The summed E-state index contributed by atoms with van der Waals surface area (Å²) in [6.45, 7) is 1.09. The molecule has 0 heterocycles. The topological polar surface area (TPSA) is 84.9 Å². The molecular formula is C11H13NO5. The predicted octanol–water partition coefficient (Wildman–Crippen LogP) is 0.506. The minimum atomic E-state index is -1.16. The summed E-state index contributed by atoms with van der Waals surface area (Å²) in [5.74, 6) is -1.14. The fourth-order valence-electron chi connectivity index (χ4n) is 1.06. The number of nitrogens with one attached hydrogen (secondary N) is 1. The number of carboxylic acid groups (broad SMARTS) is 1. The third-order valence-corrected chi connectivity index (χ3v) is 1.74. The van der Waals surface area contributed by atoms with Crippen LogP contribution in [-0.2, 0) is 14.4 Å². The average Bonchev–Trinajstić information content (AvgIpc) is 2.26. The average molecular weight is 239 g/mol. The van der Waals surface area contributed by atoms with Crippen molar-refractivity contribution in [1.29, 1.82) is 0 Å². The van der Waals surface area contributed by atoms with E-state index in [1.165, 1.54) is 0 Å². The van der Waals surface area contributed by atoms with Crippen LogP contribution in [0.1, 0.15) is 5.56 Å². The van der Waals surface area contributed by atoms with Crippen molar-refractivity contribution < 1.29 is 24.3 Å². The third kappa shape index (κ3) is 5.53. The monoisotopic (exact) mass is 239 g/mol. The molecule has 1 aromatic rings. The lowest BCUT2D eigenvalue weighted by Gasteiger charge is -2.07. The number of hydroxylamine groups is 1. The van der Waals surface area contributed by atoms with Crippen LogP contribution in [0, 0.1) is 6.92 Å².